The van der Waals surface area contributed by atoms with Crippen LogP contribution in [0.25, 0.3) is 0 Å². The second-order valence-electron chi connectivity index (χ2n) is 7.39. The number of aliphatic hydroxyl groups is 2. The lowest BCUT2D eigenvalue weighted by molar-refractivity contribution is 0.169. The van der Waals surface area contributed by atoms with Crippen molar-refractivity contribution < 1.29 is 36.3 Å². The van der Waals surface area contributed by atoms with Crippen molar-refractivity contribution in [2.45, 2.75) is 17.1 Å². The minimum Gasteiger partial charge on any atom is -0.504 e. The van der Waals surface area contributed by atoms with Crippen LogP contribution in [-0.2, 0) is 20.1 Å². The summed E-state index contributed by atoms with van der Waals surface area (Å²) >= 11 is 5.82. The highest BCUT2D eigenvalue weighted by molar-refractivity contribution is 7.93. The van der Waals surface area contributed by atoms with Gasteiger partial charge in [0.05, 0.1) is 6.26 Å². The molecule has 0 radical (unpaired) electrons. The summed E-state index contributed by atoms with van der Waals surface area (Å²) < 4.78 is 57.2. The maximum absolute atomic E-state index is 13.2. The van der Waals surface area contributed by atoms with Crippen LogP contribution in [0.3, 0.4) is 0 Å². The van der Waals surface area contributed by atoms with Crippen LogP contribution in [0.2, 0.25) is 5.02 Å². The van der Waals surface area contributed by atoms with Gasteiger partial charge in [-0.2, -0.15) is 8.42 Å². The van der Waals surface area contributed by atoms with Gasteiger partial charge in [0.15, 0.2) is 5.75 Å². The van der Waals surface area contributed by atoms with Gasteiger partial charge in [-0.3, -0.25) is 4.72 Å². The molecule has 4 rings (SSSR count). The zero-order chi connectivity index (χ0) is 24.1. The molecule has 0 heterocycles. The normalized spacial score (nSPS) is 17.7. The van der Waals surface area contributed by atoms with E-state index in [1.807, 2.05) is 0 Å². The van der Waals surface area contributed by atoms with Gasteiger partial charge in [0.1, 0.15) is 17.1 Å². The molecular formula is C21H18ClNO8S2. The summed E-state index contributed by atoms with van der Waals surface area (Å²) in [6.07, 6.45) is -2.19. The highest BCUT2D eigenvalue weighted by Gasteiger charge is 2.38. The molecule has 3 aromatic carbocycles. The molecule has 2 unspecified atom stereocenters. The first-order chi connectivity index (χ1) is 15.4. The zero-order valence-corrected chi connectivity index (χ0v) is 19.3. The second kappa shape index (κ2) is 8.19. The standard InChI is InChI=1S/C21H18ClNO8S2/c1-32(27,28)31-21-16(33(29,30)23-12-8-6-11(22)7-9-12)10-15-17(20(21)26)19(25)14-5-3-2-4-13(14)18(15)24/h2-10,18-19,23-26H,1H3. The summed E-state index contributed by atoms with van der Waals surface area (Å²) in [4.78, 5) is -0.746. The maximum atomic E-state index is 13.2. The molecule has 174 valence electrons. The number of sulfonamides is 1. The van der Waals surface area contributed by atoms with Crippen molar-refractivity contribution >= 4 is 37.4 Å². The van der Waals surface area contributed by atoms with Crippen LogP contribution in [-0.4, -0.2) is 38.4 Å². The molecule has 33 heavy (non-hydrogen) atoms. The van der Waals surface area contributed by atoms with E-state index in [1.54, 1.807) is 18.2 Å². The number of hydrogen-bond acceptors (Lipinski definition) is 8. The monoisotopic (exact) mass is 511 g/mol. The van der Waals surface area contributed by atoms with Gasteiger partial charge in [0.2, 0.25) is 5.75 Å². The van der Waals surface area contributed by atoms with Crippen molar-refractivity contribution in [1.29, 1.82) is 0 Å². The van der Waals surface area contributed by atoms with Crippen LogP contribution in [0.4, 0.5) is 5.69 Å². The summed E-state index contributed by atoms with van der Waals surface area (Å²) in [5.74, 6) is -1.82. The molecule has 0 aliphatic heterocycles. The van der Waals surface area contributed by atoms with Crippen LogP contribution in [0.15, 0.2) is 59.5 Å². The quantitative estimate of drug-likeness (QED) is 0.382. The first-order valence-corrected chi connectivity index (χ1v) is 13.1. The van der Waals surface area contributed by atoms with Gasteiger partial charge >= 0.3 is 10.1 Å². The number of fused-ring (bicyclic) bond motifs is 2. The number of phenolic OH excluding ortho intramolecular Hbond substituents is 1. The third kappa shape index (κ3) is 4.37. The van der Waals surface area contributed by atoms with E-state index in [0.29, 0.717) is 16.8 Å². The fourth-order valence-corrected chi connectivity index (χ4v) is 5.54. The number of hydrogen-bond donors (Lipinski definition) is 4. The molecule has 0 spiro atoms. The molecular weight excluding hydrogens is 494 g/mol. The molecule has 1 aliphatic rings. The molecule has 0 amide bonds. The van der Waals surface area contributed by atoms with Crippen molar-refractivity contribution in [3.63, 3.8) is 0 Å². The third-order valence-electron chi connectivity index (χ3n) is 5.07. The Morgan fingerprint density at radius 1 is 0.909 bits per heavy atom. The number of rotatable bonds is 5. The molecule has 12 heteroatoms. The van der Waals surface area contributed by atoms with Gasteiger partial charge in [0.25, 0.3) is 10.0 Å². The molecule has 0 fully saturated rings. The highest BCUT2D eigenvalue weighted by atomic mass is 35.5. The Labute approximate surface area is 195 Å². The van der Waals surface area contributed by atoms with Crippen LogP contribution >= 0.6 is 11.6 Å². The van der Waals surface area contributed by atoms with Crippen LogP contribution in [0, 0.1) is 0 Å². The summed E-state index contributed by atoms with van der Waals surface area (Å²) in [5.41, 5.74) is 0.310. The van der Waals surface area contributed by atoms with Crippen LogP contribution < -0.4 is 8.91 Å². The lowest BCUT2D eigenvalue weighted by Gasteiger charge is -2.30. The fraction of sp³-hybridized carbons (Fsp3) is 0.143. The van der Waals surface area contributed by atoms with Gasteiger partial charge in [-0.25, -0.2) is 8.42 Å². The van der Waals surface area contributed by atoms with E-state index in [1.165, 1.54) is 30.3 Å². The number of aliphatic hydroxyl groups excluding tert-OH is 2. The number of phenols is 1. The molecule has 1 aliphatic carbocycles. The molecule has 0 saturated carbocycles. The molecule has 2 atom stereocenters. The van der Waals surface area contributed by atoms with Gasteiger partial charge in [0, 0.05) is 16.3 Å². The van der Waals surface area contributed by atoms with Crippen LogP contribution in [0.1, 0.15) is 34.5 Å². The van der Waals surface area contributed by atoms with E-state index in [-0.39, 0.29) is 22.4 Å². The van der Waals surface area contributed by atoms with Gasteiger partial charge < -0.3 is 19.5 Å². The third-order valence-corrected chi connectivity index (χ3v) is 7.17. The molecule has 4 N–H and O–H groups in total. The Morgan fingerprint density at radius 3 is 2.06 bits per heavy atom. The van der Waals surface area contributed by atoms with Gasteiger partial charge in [-0.15, -0.1) is 0 Å². The largest absolute Gasteiger partial charge is 0.504 e. The minimum absolute atomic E-state index is 0.104. The number of benzene rings is 3. The Kier molecular flexibility index (Phi) is 5.79. The predicted octanol–water partition coefficient (Wildman–Crippen LogP) is 2.66. The number of anilines is 1. The van der Waals surface area contributed by atoms with E-state index in [2.05, 4.69) is 4.72 Å². The van der Waals surface area contributed by atoms with Crippen LogP contribution in [0.5, 0.6) is 11.5 Å². The van der Waals surface area contributed by atoms with Crippen molar-refractivity contribution in [2.75, 3.05) is 11.0 Å². The molecule has 0 saturated heterocycles. The lowest BCUT2D eigenvalue weighted by atomic mass is 9.81. The SMILES string of the molecule is CS(=O)(=O)Oc1c(S(=O)(=O)Nc2ccc(Cl)cc2)cc2c(c1O)C(O)c1ccccc1C2O. The summed E-state index contributed by atoms with van der Waals surface area (Å²) in [7, 11) is -8.83. The maximum Gasteiger partial charge on any atom is 0.306 e. The second-order valence-corrected chi connectivity index (χ2v) is 11.1. The van der Waals surface area contributed by atoms with E-state index in [4.69, 9.17) is 15.8 Å². The summed E-state index contributed by atoms with van der Waals surface area (Å²) in [6.45, 7) is 0. The predicted molar refractivity (Wildman–Crippen MR) is 120 cm³/mol. The average molecular weight is 512 g/mol. The van der Waals surface area contributed by atoms with Gasteiger partial charge in [-0.1, -0.05) is 35.9 Å². The summed E-state index contributed by atoms with van der Waals surface area (Å²) in [5, 5.41) is 33.0. The van der Waals surface area contributed by atoms with E-state index >= 15 is 0 Å². The molecule has 0 aromatic heterocycles. The molecule has 9 nitrogen and oxygen atoms in total. The van der Waals surface area contributed by atoms with Crippen molar-refractivity contribution in [3.8, 4) is 11.5 Å². The van der Waals surface area contributed by atoms with Crippen molar-refractivity contribution in [2.24, 2.45) is 0 Å². The minimum atomic E-state index is -4.54. The van der Waals surface area contributed by atoms with E-state index < -0.39 is 48.7 Å². The lowest BCUT2D eigenvalue weighted by Crippen LogP contribution is -2.22. The van der Waals surface area contributed by atoms with Crippen molar-refractivity contribution in [3.05, 3.63) is 81.9 Å². The fourth-order valence-electron chi connectivity index (χ4n) is 3.67. The average Bonchev–Trinajstić information content (AvgIpc) is 2.74. The molecule has 0 bridgehead atoms. The zero-order valence-electron chi connectivity index (χ0n) is 16.9. The first kappa shape index (κ1) is 23.3. The van der Waals surface area contributed by atoms with Gasteiger partial charge in [-0.05, 0) is 47.0 Å². The number of aromatic hydroxyl groups is 1. The number of nitrogens with one attached hydrogen (secondary N) is 1. The van der Waals surface area contributed by atoms with Crippen molar-refractivity contribution in [1.82, 2.24) is 0 Å². The molecule has 3 aromatic rings. The Morgan fingerprint density at radius 2 is 1.48 bits per heavy atom. The number of halogens is 1. The topological polar surface area (TPSA) is 150 Å². The first-order valence-electron chi connectivity index (χ1n) is 9.41. The Hall–Kier alpha value is -2.83. The highest BCUT2D eigenvalue weighted by Crippen LogP contribution is 2.50. The summed E-state index contributed by atoms with van der Waals surface area (Å²) in [6, 6.07) is 12.9. The smallest absolute Gasteiger partial charge is 0.306 e. The Balaban J connectivity index is 1.95. The van der Waals surface area contributed by atoms with E-state index in [0.717, 1.165) is 6.07 Å². The van der Waals surface area contributed by atoms with E-state index in [9.17, 15) is 32.2 Å². The Bertz CT molecular complexity index is 1450.